The number of amides is 6. The van der Waals surface area contributed by atoms with Crippen molar-refractivity contribution in [2.45, 2.75) is 115 Å². The molecule has 0 unspecified atom stereocenters. The lowest BCUT2D eigenvalue weighted by molar-refractivity contribution is -0.138. The number of pyridine rings is 1. The highest BCUT2D eigenvalue weighted by Gasteiger charge is 2.43. The quantitative estimate of drug-likeness (QED) is 0.0476. The molecule has 2 atom stereocenters. The Kier molecular flexibility index (Phi) is 18.6. The number of anilines is 2. The summed E-state index contributed by atoms with van der Waals surface area (Å²) in [5, 5.41) is 26.3. The number of Topliss-reactive ketones (excluding diaryl/α,β-unsaturated/α-hetero) is 1. The van der Waals surface area contributed by atoms with E-state index in [1.807, 2.05) is 31.2 Å². The van der Waals surface area contributed by atoms with Crippen molar-refractivity contribution in [3.05, 3.63) is 95.8 Å². The first-order valence-corrected chi connectivity index (χ1v) is 21.0. The van der Waals surface area contributed by atoms with Crippen LogP contribution in [0.4, 0.5) is 16.2 Å². The normalized spacial score (nSPS) is 14.3. The van der Waals surface area contributed by atoms with Gasteiger partial charge >= 0.3 is 12.0 Å². The lowest BCUT2D eigenvalue weighted by atomic mass is 9.75. The largest absolute Gasteiger partial charge is 0.481 e. The molecule has 3 aromatic rings. The highest BCUT2D eigenvalue weighted by Crippen LogP contribution is 2.31. The Labute approximate surface area is 357 Å². The minimum Gasteiger partial charge on any atom is -0.481 e. The second kappa shape index (κ2) is 24.0. The van der Waals surface area contributed by atoms with Gasteiger partial charge in [-0.25, -0.2) is 4.79 Å². The van der Waals surface area contributed by atoms with Crippen molar-refractivity contribution in [2.24, 2.45) is 5.92 Å². The number of carbonyl (C=O) groups is 7. The molecule has 4 rings (SSSR count). The molecule has 15 nitrogen and oxygen atoms in total. The van der Waals surface area contributed by atoms with E-state index in [2.05, 4.69) is 36.9 Å². The summed E-state index contributed by atoms with van der Waals surface area (Å²) in [7, 11) is 0. The third-order valence-corrected chi connectivity index (χ3v) is 10.5. The minimum absolute atomic E-state index is 0.00154. The first-order chi connectivity index (χ1) is 29.2. The summed E-state index contributed by atoms with van der Waals surface area (Å²) in [6.45, 7) is 5.75. The average molecular weight is 838 g/mol. The van der Waals surface area contributed by atoms with E-state index in [9.17, 15) is 38.7 Å². The maximum atomic E-state index is 14.0. The van der Waals surface area contributed by atoms with E-state index in [4.69, 9.17) is 0 Å². The van der Waals surface area contributed by atoms with Gasteiger partial charge in [-0.15, -0.1) is 0 Å². The fourth-order valence-electron chi connectivity index (χ4n) is 7.26. The number of ketones is 1. The summed E-state index contributed by atoms with van der Waals surface area (Å²) in [5.74, 6) is -3.47. The van der Waals surface area contributed by atoms with Crippen molar-refractivity contribution in [2.75, 3.05) is 17.2 Å². The fourth-order valence-corrected chi connectivity index (χ4v) is 7.26. The lowest BCUT2D eigenvalue weighted by Crippen LogP contribution is -2.62. The summed E-state index contributed by atoms with van der Waals surface area (Å²) in [4.78, 5) is 95.3. The van der Waals surface area contributed by atoms with Crippen LogP contribution in [-0.2, 0) is 35.2 Å². The number of aryl methyl sites for hydroxylation is 1. The number of hydrogen-bond donors (Lipinski definition) is 7. The first kappa shape index (κ1) is 47.3. The van der Waals surface area contributed by atoms with E-state index in [1.54, 1.807) is 68.7 Å². The minimum atomic E-state index is -1.17. The van der Waals surface area contributed by atoms with Crippen molar-refractivity contribution in [1.29, 1.82) is 0 Å². The molecule has 61 heavy (non-hydrogen) atoms. The zero-order chi connectivity index (χ0) is 44.2. The zero-order valence-electron chi connectivity index (χ0n) is 35.3. The van der Waals surface area contributed by atoms with E-state index < -0.39 is 47.3 Å². The number of benzene rings is 2. The highest BCUT2D eigenvalue weighted by molar-refractivity contribution is 6.00. The zero-order valence-corrected chi connectivity index (χ0v) is 35.3. The second-order valence-electron chi connectivity index (χ2n) is 15.8. The predicted octanol–water partition coefficient (Wildman–Crippen LogP) is 5.85. The monoisotopic (exact) mass is 837 g/mol. The molecule has 1 aromatic heterocycles. The standard InChI is InChI=1S/C46H59N7O8/c1-31(2)42(58)46(25-8-4-9-26-46)53-44(60)38(17-11-18-41(56)57)51-43(59)37(16-7-10-28-48-39(54)24-21-34-14-12-27-47-30-34)50-40(55)29-33-19-22-35(23-20-33)49-45(61)52-36-15-6-5-13-32(36)3/h5-6,12-15,19-24,27,30-31,37-38H,4,7-11,16-18,25-26,28-29H2,1-3H3,(H,48,54)(H,50,55)(H,51,59)(H,53,60)(H,56,57)(H2,49,52,61)/b24-21+/t37-,38+/m1/s1. The van der Waals surface area contributed by atoms with Crippen LogP contribution in [0.1, 0.15) is 101 Å². The number of rotatable bonds is 22. The molecule has 7 N–H and O–H groups in total. The molecule has 0 radical (unpaired) electrons. The van der Waals surface area contributed by atoms with Crippen molar-refractivity contribution in [3.63, 3.8) is 0 Å². The molecule has 15 heteroatoms. The number of aliphatic carboxylic acids is 1. The van der Waals surface area contributed by atoms with E-state index >= 15 is 0 Å². The molecule has 0 aliphatic heterocycles. The highest BCUT2D eigenvalue weighted by atomic mass is 16.4. The summed E-state index contributed by atoms with van der Waals surface area (Å²) in [6, 6.07) is 15.0. The number of carbonyl (C=O) groups excluding carboxylic acids is 6. The van der Waals surface area contributed by atoms with Gasteiger partial charge in [0.15, 0.2) is 5.78 Å². The Bertz CT molecular complexity index is 2000. The Hall–Kier alpha value is -6.38. The molecule has 1 heterocycles. The van der Waals surface area contributed by atoms with Crippen LogP contribution >= 0.6 is 0 Å². The average Bonchev–Trinajstić information content (AvgIpc) is 3.23. The molecule has 0 saturated heterocycles. The van der Waals surface area contributed by atoms with E-state index in [0.29, 0.717) is 49.2 Å². The van der Waals surface area contributed by atoms with Crippen molar-refractivity contribution >= 4 is 58.9 Å². The maximum absolute atomic E-state index is 14.0. The molecule has 2 aromatic carbocycles. The fraction of sp³-hybridized carbons (Fsp3) is 0.435. The molecule has 1 aliphatic rings. The summed E-state index contributed by atoms with van der Waals surface area (Å²) in [5.41, 5.74) is 2.39. The molecule has 1 fully saturated rings. The van der Waals surface area contributed by atoms with Gasteiger partial charge in [-0.2, -0.15) is 0 Å². The smallest absolute Gasteiger partial charge is 0.323 e. The number of hydrogen-bond acceptors (Lipinski definition) is 8. The van der Waals surface area contributed by atoms with Crippen LogP contribution in [0.25, 0.3) is 6.08 Å². The van der Waals surface area contributed by atoms with Gasteiger partial charge in [-0.3, -0.25) is 33.8 Å². The van der Waals surface area contributed by atoms with Gasteiger partial charge < -0.3 is 37.0 Å². The molecule has 1 aliphatic carbocycles. The van der Waals surface area contributed by atoms with Crippen LogP contribution in [0.5, 0.6) is 0 Å². The molecular formula is C46H59N7O8. The number of para-hydroxylation sites is 1. The lowest BCUT2D eigenvalue weighted by Gasteiger charge is -2.39. The van der Waals surface area contributed by atoms with Gasteiger partial charge in [0.2, 0.25) is 23.6 Å². The van der Waals surface area contributed by atoms with E-state index in [1.165, 1.54) is 6.08 Å². The molecule has 0 spiro atoms. The van der Waals surface area contributed by atoms with Crippen LogP contribution in [0, 0.1) is 12.8 Å². The van der Waals surface area contributed by atoms with Crippen LogP contribution in [-0.4, -0.2) is 75.7 Å². The van der Waals surface area contributed by atoms with Gasteiger partial charge in [-0.05, 0) is 98.9 Å². The van der Waals surface area contributed by atoms with Gasteiger partial charge in [0.1, 0.15) is 12.1 Å². The molecule has 0 bridgehead atoms. The molecule has 6 amide bonds. The number of carboxylic acids is 1. The first-order valence-electron chi connectivity index (χ1n) is 21.0. The Morgan fingerprint density at radius 3 is 2.18 bits per heavy atom. The predicted molar refractivity (Wildman–Crippen MR) is 233 cm³/mol. The third kappa shape index (κ3) is 16.0. The number of carboxylic acid groups (broad SMARTS) is 1. The van der Waals surface area contributed by atoms with Crippen molar-refractivity contribution in [3.8, 4) is 0 Å². The van der Waals surface area contributed by atoms with Crippen LogP contribution in [0.3, 0.4) is 0 Å². The number of nitrogens with zero attached hydrogens (tertiary/aromatic N) is 1. The number of unbranched alkanes of at least 4 members (excludes halogenated alkanes) is 1. The van der Waals surface area contributed by atoms with E-state index in [-0.39, 0.29) is 49.7 Å². The van der Waals surface area contributed by atoms with Crippen LogP contribution in [0.15, 0.2) is 79.1 Å². The SMILES string of the molecule is Cc1ccccc1NC(=O)Nc1ccc(CC(=O)N[C@H](CCCCNC(=O)/C=C/c2cccnc2)C(=O)N[C@@H](CCCC(=O)O)C(=O)NC2(C(=O)C(C)C)CCCCC2)cc1. The summed E-state index contributed by atoms with van der Waals surface area (Å²) >= 11 is 0. The van der Waals surface area contributed by atoms with Gasteiger partial charge in [-0.1, -0.05) is 69.5 Å². The number of urea groups is 1. The van der Waals surface area contributed by atoms with Crippen molar-refractivity contribution < 1.29 is 38.7 Å². The third-order valence-electron chi connectivity index (χ3n) is 10.5. The topological polar surface area (TPSA) is 225 Å². The molecule has 326 valence electrons. The van der Waals surface area contributed by atoms with Gasteiger partial charge in [0, 0.05) is 48.7 Å². The van der Waals surface area contributed by atoms with Crippen LogP contribution in [0.2, 0.25) is 0 Å². The van der Waals surface area contributed by atoms with Gasteiger partial charge in [0.05, 0.1) is 12.0 Å². The Balaban J connectivity index is 1.43. The van der Waals surface area contributed by atoms with Crippen LogP contribution < -0.4 is 31.9 Å². The maximum Gasteiger partial charge on any atom is 0.323 e. The number of aromatic nitrogens is 1. The Morgan fingerprint density at radius 2 is 1.51 bits per heavy atom. The second-order valence-corrected chi connectivity index (χ2v) is 15.8. The van der Waals surface area contributed by atoms with E-state index in [0.717, 1.165) is 30.4 Å². The Morgan fingerprint density at radius 1 is 0.803 bits per heavy atom. The van der Waals surface area contributed by atoms with Crippen molar-refractivity contribution in [1.82, 2.24) is 26.3 Å². The van der Waals surface area contributed by atoms with Gasteiger partial charge in [0.25, 0.3) is 0 Å². The summed E-state index contributed by atoms with van der Waals surface area (Å²) in [6.07, 6.45) is 10.5. The molecular weight excluding hydrogens is 779 g/mol. The summed E-state index contributed by atoms with van der Waals surface area (Å²) < 4.78 is 0. The molecule has 1 saturated carbocycles. The number of nitrogens with one attached hydrogen (secondary N) is 6.